The number of ether oxygens (including phenoxy) is 4. The van der Waals surface area contributed by atoms with Gasteiger partial charge < -0.3 is 65.1 Å². The van der Waals surface area contributed by atoms with Crippen LogP contribution in [0.1, 0.15) is 245 Å². The van der Waals surface area contributed by atoms with E-state index in [9.17, 15) is 45.6 Å². The van der Waals surface area contributed by atoms with Crippen LogP contribution in [-0.2, 0) is 23.7 Å². The summed E-state index contributed by atoms with van der Waals surface area (Å²) in [5.74, 6) is -0.255. The summed E-state index contributed by atoms with van der Waals surface area (Å²) in [6.45, 7) is 2.78. The minimum Gasteiger partial charge on any atom is -0.394 e. The molecule has 2 aliphatic heterocycles. The quantitative estimate of drug-likeness (QED) is 0.0204. The van der Waals surface area contributed by atoms with E-state index in [0.717, 1.165) is 44.9 Å². The second-order valence-electron chi connectivity index (χ2n) is 21.8. The number of hydrogen-bond acceptors (Lipinski definition) is 13. The van der Waals surface area contributed by atoms with Crippen molar-refractivity contribution in [3.63, 3.8) is 0 Å². The third kappa shape index (κ3) is 32.9. The van der Waals surface area contributed by atoms with Gasteiger partial charge in [0.15, 0.2) is 12.6 Å². The molecule has 1 amide bonds. The lowest BCUT2D eigenvalue weighted by Gasteiger charge is -2.46. The number of allylic oxidation sites excluding steroid dienone is 7. The molecule has 2 saturated heterocycles. The van der Waals surface area contributed by atoms with E-state index in [4.69, 9.17) is 18.9 Å². The fraction of sp³-hybridized carbons (Fsp3) is 0.855. The normalized spacial score (nSPS) is 25.2. The Morgan fingerprint density at radius 2 is 0.842 bits per heavy atom. The summed E-state index contributed by atoms with van der Waals surface area (Å²) in [7, 11) is 0. The standard InChI is InChI=1S/C62H113NO13/c1-3-5-7-9-11-13-15-17-19-21-23-24-25-26-28-29-31-33-35-37-39-41-43-45-51(66)50(63-54(67)46-44-42-40-38-36-34-32-30-27-22-20-18-16-14-12-10-8-6-4-2)49-73-61-59(72)57(70)60(53(48-65)75-61)76-62-58(71)56(69)55(68)52(47-64)74-62/h18,20,28-29,35,37,43,45,50-53,55-62,64-66,68-72H,3-17,19,21-27,30-34,36,38-42,44,46-49H2,1-2H3,(H,63,67)/b20-18-,29-28+,37-35+,45-43+. The van der Waals surface area contributed by atoms with Crippen molar-refractivity contribution in [2.24, 2.45) is 0 Å². The molecule has 0 aromatic heterocycles. The Morgan fingerprint density at radius 1 is 0.461 bits per heavy atom. The van der Waals surface area contributed by atoms with Crippen LogP contribution < -0.4 is 5.32 Å². The molecule has 0 aromatic rings. The van der Waals surface area contributed by atoms with Gasteiger partial charge in [-0.1, -0.05) is 217 Å². The molecule has 0 saturated carbocycles. The molecule has 9 N–H and O–H groups in total. The van der Waals surface area contributed by atoms with Gasteiger partial charge in [0.2, 0.25) is 5.91 Å². The van der Waals surface area contributed by atoms with Crippen molar-refractivity contribution >= 4 is 5.91 Å². The summed E-state index contributed by atoms with van der Waals surface area (Å²) in [6, 6.07) is -0.940. The van der Waals surface area contributed by atoms with E-state index in [0.29, 0.717) is 12.8 Å². The van der Waals surface area contributed by atoms with Gasteiger partial charge in [-0.15, -0.1) is 0 Å². The molecule has 0 bridgehead atoms. The first kappa shape index (κ1) is 70.1. The van der Waals surface area contributed by atoms with Crippen LogP contribution in [0.2, 0.25) is 0 Å². The SMILES string of the molecule is CCCCCCCC/C=C\CCCCCCCCCCCC(=O)NC(COC1OC(CO)C(OC2OC(CO)C(O)C(O)C2O)C(O)C1O)C(O)/C=C/CC/C=C/CC/C=C/CCCCCCCCCCCCCCC. The Balaban J connectivity index is 1.78. The molecule has 0 aromatic carbocycles. The Labute approximate surface area is 461 Å². The van der Waals surface area contributed by atoms with E-state index in [1.54, 1.807) is 6.08 Å². The van der Waals surface area contributed by atoms with Gasteiger partial charge in [-0.2, -0.15) is 0 Å². The Morgan fingerprint density at radius 3 is 1.29 bits per heavy atom. The number of unbranched alkanes of at least 4 members (excludes halogenated alkanes) is 30. The number of carbonyl (C=O) groups is 1. The summed E-state index contributed by atoms with van der Waals surface area (Å²) in [4.78, 5) is 13.3. The fourth-order valence-electron chi connectivity index (χ4n) is 9.97. The topological polar surface area (TPSA) is 228 Å². The van der Waals surface area contributed by atoms with E-state index in [2.05, 4.69) is 55.6 Å². The van der Waals surface area contributed by atoms with Crippen molar-refractivity contribution in [1.82, 2.24) is 5.32 Å². The van der Waals surface area contributed by atoms with Crippen LogP contribution in [0.5, 0.6) is 0 Å². The summed E-state index contributed by atoms with van der Waals surface area (Å²) < 4.78 is 22.8. The van der Waals surface area contributed by atoms with Gasteiger partial charge in [-0.05, 0) is 70.6 Å². The summed E-state index contributed by atoms with van der Waals surface area (Å²) >= 11 is 0. The van der Waals surface area contributed by atoms with E-state index in [-0.39, 0.29) is 18.9 Å². The zero-order valence-electron chi connectivity index (χ0n) is 47.7. The Hall–Kier alpha value is -2.05. The van der Waals surface area contributed by atoms with Gasteiger partial charge in [0.05, 0.1) is 32.0 Å². The largest absolute Gasteiger partial charge is 0.394 e. The van der Waals surface area contributed by atoms with Gasteiger partial charge in [-0.25, -0.2) is 0 Å². The molecule has 12 unspecified atom stereocenters. The summed E-state index contributed by atoms with van der Waals surface area (Å²) in [5, 5.41) is 87.1. The predicted molar refractivity (Wildman–Crippen MR) is 304 cm³/mol. The molecule has 12 atom stereocenters. The second-order valence-corrected chi connectivity index (χ2v) is 21.8. The second kappa shape index (κ2) is 47.7. The first-order valence-electron chi connectivity index (χ1n) is 30.9. The smallest absolute Gasteiger partial charge is 0.220 e. The van der Waals surface area contributed by atoms with Crippen molar-refractivity contribution in [1.29, 1.82) is 0 Å². The molecule has 2 rings (SSSR count). The lowest BCUT2D eigenvalue weighted by Crippen LogP contribution is -2.65. The number of aliphatic hydroxyl groups is 8. The highest BCUT2D eigenvalue weighted by Crippen LogP contribution is 2.30. The average molecular weight is 1080 g/mol. The highest BCUT2D eigenvalue weighted by atomic mass is 16.7. The maximum absolute atomic E-state index is 13.3. The number of nitrogens with one attached hydrogen (secondary N) is 1. The van der Waals surface area contributed by atoms with Gasteiger partial charge in [-0.3, -0.25) is 4.79 Å². The average Bonchev–Trinajstić information content (AvgIpc) is 3.42. The fourth-order valence-corrected chi connectivity index (χ4v) is 9.97. The highest BCUT2D eigenvalue weighted by molar-refractivity contribution is 5.76. The maximum Gasteiger partial charge on any atom is 0.220 e. The number of amides is 1. The Kier molecular flexibility index (Phi) is 44.0. The minimum absolute atomic E-state index is 0.255. The highest BCUT2D eigenvalue weighted by Gasteiger charge is 2.51. The molecular formula is C62H113NO13. The maximum atomic E-state index is 13.3. The number of rotatable bonds is 49. The predicted octanol–water partition coefficient (Wildman–Crippen LogP) is 10.8. The zero-order chi connectivity index (χ0) is 55.3. The molecule has 0 radical (unpaired) electrons. The first-order valence-corrected chi connectivity index (χ1v) is 30.9. The molecule has 444 valence electrons. The van der Waals surface area contributed by atoms with Crippen LogP contribution in [0.3, 0.4) is 0 Å². The van der Waals surface area contributed by atoms with Crippen molar-refractivity contribution in [2.45, 2.75) is 319 Å². The molecule has 0 aliphatic carbocycles. The van der Waals surface area contributed by atoms with Crippen molar-refractivity contribution in [3.8, 4) is 0 Å². The van der Waals surface area contributed by atoms with Crippen molar-refractivity contribution < 1.29 is 64.6 Å². The lowest BCUT2D eigenvalue weighted by molar-refractivity contribution is -0.359. The molecular weight excluding hydrogens is 967 g/mol. The van der Waals surface area contributed by atoms with Crippen LogP contribution in [-0.4, -0.2) is 140 Å². The molecule has 2 aliphatic rings. The van der Waals surface area contributed by atoms with Crippen LogP contribution in [0.25, 0.3) is 0 Å². The van der Waals surface area contributed by atoms with E-state index >= 15 is 0 Å². The first-order chi connectivity index (χ1) is 37.1. The molecule has 14 heteroatoms. The number of carbonyl (C=O) groups excluding carboxylic acids is 1. The van der Waals surface area contributed by atoms with Gasteiger partial charge in [0.25, 0.3) is 0 Å². The molecule has 14 nitrogen and oxygen atoms in total. The van der Waals surface area contributed by atoms with Crippen LogP contribution in [0.15, 0.2) is 48.6 Å². The van der Waals surface area contributed by atoms with E-state index in [1.165, 1.54) is 167 Å². The number of hydrogen-bond donors (Lipinski definition) is 9. The lowest BCUT2D eigenvalue weighted by atomic mass is 9.97. The molecule has 2 heterocycles. The van der Waals surface area contributed by atoms with Crippen molar-refractivity contribution in [2.75, 3.05) is 19.8 Å². The van der Waals surface area contributed by atoms with Gasteiger partial charge in [0.1, 0.15) is 48.8 Å². The van der Waals surface area contributed by atoms with E-state index in [1.807, 2.05) is 6.08 Å². The zero-order valence-corrected chi connectivity index (χ0v) is 47.7. The molecule has 76 heavy (non-hydrogen) atoms. The molecule has 2 fully saturated rings. The summed E-state index contributed by atoms with van der Waals surface area (Å²) in [5.41, 5.74) is 0. The number of aliphatic hydroxyl groups excluding tert-OH is 8. The summed E-state index contributed by atoms with van der Waals surface area (Å²) in [6.07, 6.45) is 42.9. The van der Waals surface area contributed by atoms with Crippen LogP contribution in [0.4, 0.5) is 0 Å². The van der Waals surface area contributed by atoms with Gasteiger partial charge >= 0.3 is 0 Å². The molecule has 0 spiro atoms. The van der Waals surface area contributed by atoms with Crippen molar-refractivity contribution in [3.05, 3.63) is 48.6 Å². The third-order valence-electron chi connectivity index (χ3n) is 15.0. The van der Waals surface area contributed by atoms with Gasteiger partial charge in [0, 0.05) is 6.42 Å². The van der Waals surface area contributed by atoms with Crippen LogP contribution in [0, 0.1) is 0 Å². The Bertz CT molecular complexity index is 1460. The minimum atomic E-state index is -1.79. The van der Waals surface area contributed by atoms with E-state index < -0.39 is 86.8 Å². The third-order valence-corrected chi connectivity index (χ3v) is 15.0. The van der Waals surface area contributed by atoms with Crippen LogP contribution >= 0.6 is 0 Å². The monoisotopic (exact) mass is 1080 g/mol.